The number of hydrogen-bond donors (Lipinski definition) is 0. The maximum absolute atomic E-state index is 13.5. The van der Waals surface area contributed by atoms with Gasteiger partial charge in [-0.3, -0.25) is 0 Å². The van der Waals surface area contributed by atoms with Crippen LogP contribution in [0.15, 0.2) is 6.07 Å². The maximum Gasteiger partial charge on any atom is 0.251 e. The third kappa shape index (κ3) is 4.99. The Kier molecular flexibility index (Phi) is 6.71. The van der Waals surface area contributed by atoms with Gasteiger partial charge in [0.1, 0.15) is 0 Å². The molecule has 0 spiro atoms. The number of unbranched alkanes of at least 4 members (excludes halogenated alkanes) is 2. The molecule has 0 N–H and O–H groups in total. The largest absolute Gasteiger partial charge is 0.251 e. The van der Waals surface area contributed by atoms with Gasteiger partial charge in [-0.25, -0.2) is 4.39 Å². The van der Waals surface area contributed by atoms with Crippen molar-refractivity contribution in [3.63, 3.8) is 0 Å². The summed E-state index contributed by atoms with van der Waals surface area (Å²) < 4.78 is 39.4. The van der Waals surface area contributed by atoms with Crippen molar-refractivity contribution in [2.75, 3.05) is 0 Å². The van der Waals surface area contributed by atoms with Crippen LogP contribution >= 0.6 is 0 Å². The lowest BCUT2D eigenvalue weighted by molar-refractivity contribution is 0.248. The molecular weight excluding hydrogens is 287 g/mol. The van der Waals surface area contributed by atoms with Gasteiger partial charge >= 0.3 is 0 Å². The molecule has 0 unspecified atom stereocenters. The van der Waals surface area contributed by atoms with Crippen LogP contribution < -0.4 is 0 Å². The molecule has 0 bridgehead atoms. The number of hydrogen-bond acceptors (Lipinski definition) is 1. The molecule has 0 radical (unpaired) electrons. The molecule has 1 heterocycles. The third-order valence-electron chi connectivity index (χ3n) is 4.96. The first-order valence-corrected chi connectivity index (χ1v) is 8.60. The van der Waals surface area contributed by atoms with E-state index in [1.54, 1.807) is 0 Å². The smallest absolute Gasteiger partial charge is 0.202 e. The maximum atomic E-state index is 13.5. The summed E-state index contributed by atoms with van der Waals surface area (Å²) in [6.07, 6.45) is 11.4. The number of nitrogens with zero attached hydrogens (tertiary/aromatic N) is 1. The first-order valence-electron chi connectivity index (χ1n) is 8.60. The first kappa shape index (κ1) is 17.3. The predicted molar refractivity (Wildman–Crippen MR) is 82.0 cm³/mol. The summed E-state index contributed by atoms with van der Waals surface area (Å²) >= 11 is 0. The lowest BCUT2D eigenvalue weighted by Gasteiger charge is -2.28. The summed E-state index contributed by atoms with van der Waals surface area (Å²) in [6.45, 7) is 2.23. The molecule has 1 aromatic heterocycles. The van der Waals surface area contributed by atoms with Crippen LogP contribution in [0.3, 0.4) is 0 Å². The van der Waals surface area contributed by atoms with Crippen molar-refractivity contribution in [3.05, 3.63) is 29.3 Å². The van der Waals surface area contributed by atoms with Gasteiger partial charge in [0, 0.05) is 5.56 Å². The Bertz CT molecular complexity index is 468. The highest BCUT2D eigenvalue weighted by molar-refractivity contribution is 5.13. The van der Waals surface area contributed by atoms with Gasteiger partial charge in [-0.1, -0.05) is 58.3 Å². The molecule has 0 aromatic carbocycles. The average Bonchev–Trinajstić information content (AvgIpc) is 2.51. The van der Waals surface area contributed by atoms with E-state index in [4.69, 9.17) is 0 Å². The highest BCUT2D eigenvalue weighted by Gasteiger charge is 2.21. The highest BCUT2D eigenvalue weighted by Crippen LogP contribution is 2.34. The van der Waals surface area contributed by atoms with Gasteiger partial charge in [0.25, 0.3) is 5.95 Å². The molecule has 124 valence electrons. The third-order valence-corrected chi connectivity index (χ3v) is 4.96. The fourth-order valence-corrected chi connectivity index (χ4v) is 3.51. The molecule has 1 aromatic rings. The summed E-state index contributed by atoms with van der Waals surface area (Å²) in [5.41, 5.74) is 0.198. The summed E-state index contributed by atoms with van der Waals surface area (Å²) in [5, 5.41) is 0. The van der Waals surface area contributed by atoms with E-state index in [-0.39, 0.29) is 5.56 Å². The van der Waals surface area contributed by atoms with Gasteiger partial charge in [-0.15, -0.1) is 0 Å². The zero-order valence-corrected chi connectivity index (χ0v) is 13.4. The van der Waals surface area contributed by atoms with E-state index in [0.29, 0.717) is 12.3 Å². The van der Waals surface area contributed by atoms with Gasteiger partial charge < -0.3 is 0 Å². The van der Waals surface area contributed by atoms with Crippen molar-refractivity contribution >= 4 is 0 Å². The quantitative estimate of drug-likeness (QED) is 0.456. The minimum atomic E-state index is -1.35. The molecule has 0 saturated heterocycles. The molecule has 4 heteroatoms. The van der Waals surface area contributed by atoms with E-state index in [9.17, 15) is 13.2 Å². The van der Waals surface area contributed by atoms with E-state index in [1.807, 2.05) is 0 Å². The molecule has 0 aliphatic heterocycles. The van der Waals surface area contributed by atoms with Crippen molar-refractivity contribution in [1.29, 1.82) is 0 Å². The van der Waals surface area contributed by atoms with E-state index in [0.717, 1.165) is 18.4 Å². The average molecular weight is 313 g/mol. The summed E-state index contributed by atoms with van der Waals surface area (Å²) in [6, 6.07) is 0.952. The molecule has 1 fully saturated rings. The van der Waals surface area contributed by atoms with Crippen LogP contribution in [-0.4, -0.2) is 4.98 Å². The molecule has 1 nitrogen and oxygen atoms in total. The Morgan fingerprint density at radius 2 is 1.59 bits per heavy atom. The first-order chi connectivity index (χ1) is 10.6. The van der Waals surface area contributed by atoms with Crippen molar-refractivity contribution in [1.82, 2.24) is 4.98 Å². The normalized spacial score (nSPS) is 22.0. The van der Waals surface area contributed by atoms with Crippen molar-refractivity contribution in [2.24, 2.45) is 11.8 Å². The van der Waals surface area contributed by atoms with Gasteiger partial charge in [0.2, 0.25) is 5.95 Å². The fourth-order valence-electron chi connectivity index (χ4n) is 3.51. The highest BCUT2D eigenvalue weighted by atomic mass is 19.2. The number of halogens is 3. The predicted octanol–water partition coefficient (Wildman–Crippen LogP) is 5.82. The lowest BCUT2D eigenvalue weighted by atomic mass is 9.78. The van der Waals surface area contributed by atoms with E-state index in [2.05, 4.69) is 11.9 Å². The van der Waals surface area contributed by atoms with Crippen LogP contribution in [0.1, 0.15) is 70.3 Å². The molecule has 1 aliphatic rings. The Morgan fingerprint density at radius 3 is 2.23 bits per heavy atom. The Morgan fingerprint density at radius 1 is 0.955 bits per heavy atom. The Hall–Kier alpha value is -1.06. The van der Waals surface area contributed by atoms with Gasteiger partial charge in [-0.2, -0.15) is 13.8 Å². The van der Waals surface area contributed by atoms with Crippen LogP contribution in [0.4, 0.5) is 13.2 Å². The number of rotatable bonds is 7. The lowest BCUT2D eigenvalue weighted by Crippen LogP contribution is -2.15. The van der Waals surface area contributed by atoms with Crippen molar-refractivity contribution in [3.8, 4) is 0 Å². The second-order valence-electron chi connectivity index (χ2n) is 6.63. The summed E-state index contributed by atoms with van der Waals surface area (Å²) in [4.78, 5) is 2.98. The zero-order chi connectivity index (χ0) is 15.9. The molecule has 1 aliphatic carbocycles. The minimum Gasteiger partial charge on any atom is -0.202 e. The van der Waals surface area contributed by atoms with Gasteiger partial charge in [0.15, 0.2) is 5.82 Å². The molecule has 0 atom stereocenters. The minimum absolute atomic E-state index is 0.198. The second kappa shape index (κ2) is 8.54. The zero-order valence-electron chi connectivity index (χ0n) is 13.4. The molecular formula is C18H26F3N. The summed E-state index contributed by atoms with van der Waals surface area (Å²) in [5.74, 6) is -1.85. The standard InChI is InChI=1S/C18H26F3N/c1-2-3-4-5-13-6-8-14(9-7-13)10-11-15-12-16(19)18(21)22-17(15)20/h12-14H,2-11H2,1H3. The summed E-state index contributed by atoms with van der Waals surface area (Å²) in [7, 11) is 0. The monoisotopic (exact) mass is 313 g/mol. The van der Waals surface area contributed by atoms with Gasteiger partial charge in [-0.05, 0) is 30.7 Å². The number of aryl methyl sites for hydroxylation is 1. The molecule has 2 rings (SSSR count). The van der Waals surface area contributed by atoms with E-state index in [1.165, 1.54) is 51.4 Å². The Balaban J connectivity index is 1.74. The number of aromatic nitrogens is 1. The van der Waals surface area contributed by atoms with Crippen molar-refractivity contribution in [2.45, 2.75) is 71.1 Å². The van der Waals surface area contributed by atoms with E-state index < -0.39 is 17.7 Å². The number of pyridine rings is 1. The molecule has 22 heavy (non-hydrogen) atoms. The van der Waals surface area contributed by atoms with Crippen LogP contribution in [0.2, 0.25) is 0 Å². The fraction of sp³-hybridized carbons (Fsp3) is 0.722. The van der Waals surface area contributed by atoms with Crippen LogP contribution in [0, 0.1) is 29.5 Å². The van der Waals surface area contributed by atoms with Crippen molar-refractivity contribution < 1.29 is 13.2 Å². The Labute approximate surface area is 131 Å². The molecule has 0 amide bonds. The second-order valence-corrected chi connectivity index (χ2v) is 6.63. The van der Waals surface area contributed by atoms with Crippen LogP contribution in [0.25, 0.3) is 0 Å². The SMILES string of the molecule is CCCCCC1CCC(CCc2cc(F)c(F)nc2F)CC1. The van der Waals surface area contributed by atoms with Crippen LogP contribution in [0.5, 0.6) is 0 Å². The van der Waals surface area contributed by atoms with Crippen LogP contribution in [-0.2, 0) is 6.42 Å². The van der Waals surface area contributed by atoms with E-state index >= 15 is 0 Å². The topological polar surface area (TPSA) is 12.9 Å². The molecule has 1 saturated carbocycles. The van der Waals surface area contributed by atoms with Gasteiger partial charge in [0.05, 0.1) is 0 Å².